The van der Waals surface area contributed by atoms with Crippen molar-refractivity contribution in [3.8, 4) is 11.1 Å². The van der Waals surface area contributed by atoms with Crippen LogP contribution < -0.4 is 5.32 Å². The molecule has 0 bridgehead atoms. The van der Waals surface area contributed by atoms with Gasteiger partial charge in [0.05, 0.1) is 5.92 Å². The van der Waals surface area contributed by atoms with Gasteiger partial charge in [0.25, 0.3) is 0 Å². The highest BCUT2D eigenvalue weighted by atomic mass is 16.5. The van der Waals surface area contributed by atoms with Crippen molar-refractivity contribution in [2.75, 3.05) is 13.2 Å². The monoisotopic (exact) mass is 457 g/mol. The zero-order valence-electron chi connectivity index (χ0n) is 19.9. The molecule has 0 saturated heterocycles. The minimum atomic E-state index is -0.946. The predicted octanol–water partition coefficient (Wildman–Crippen LogP) is 5.77. The van der Waals surface area contributed by atoms with E-state index in [1.54, 1.807) is 0 Å². The highest BCUT2D eigenvalue weighted by Crippen LogP contribution is 2.44. The summed E-state index contributed by atoms with van der Waals surface area (Å²) in [5.74, 6) is -1.71. The van der Waals surface area contributed by atoms with Crippen LogP contribution in [0.2, 0.25) is 0 Å². The van der Waals surface area contributed by atoms with E-state index in [1.165, 1.54) is 5.56 Å². The average molecular weight is 458 g/mol. The Balaban J connectivity index is 1.34. The van der Waals surface area contributed by atoms with Crippen molar-refractivity contribution in [1.82, 2.24) is 5.32 Å². The Bertz CT molecular complexity index is 1130. The average Bonchev–Trinajstić information content (AvgIpc) is 3.13. The molecule has 3 aromatic rings. The van der Waals surface area contributed by atoms with E-state index in [0.29, 0.717) is 6.42 Å². The number of amides is 1. The Kier molecular flexibility index (Phi) is 6.73. The standard InChI is InChI=1S/C29H31NO4/c1-29(2,3)21-14-12-19(13-15-21)16-20(27(31)32)17-30-28(33)34-18-26-24-10-6-4-8-22(24)23-9-5-7-11-25(23)26/h4-15,20,26H,16-18H2,1-3H3,(H,30,33)(H,31,32). The van der Waals surface area contributed by atoms with Gasteiger partial charge in [-0.05, 0) is 45.2 Å². The summed E-state index contributed by atoms with van der Waals surface area (Å²) in [5, 5.41) is 12.3. The number of carbonyl (C=O) groups excluding carboxylic acids is 1. The number of fused-ring (bicyclic) bond motifs is 3. The second-order valence-electron chi connectivity index (χ2n) is 9.89. The van der Waals surface area contributed by atoms with Gasteiger partial charge in [0, 0.05) is 12.5 Å². The molecule has 1 unspecified atom stereocenters. The van der Waals surface area contributed by atoms with Gasteiger partial charge in [-0.2, -0.15) is 0 Å². The maximum absolute atomic E-state index is 12.4. The van der Waals surface area contributed by atoms with Crippen LogP contribution in [0.25, 0.3) is 11.1 Å². The first-order chi connectivity index (χ1) is 16.2. The van der Waals surface area contributed by atoms with Gasteiger partial charge in [0.2, 0.25) is 0 Å². The molecule has 0 saturated carbocycles. The third-order valence-corrected chi connectivity index (χ3v) is 6.49. The van der Waals surface area contributed by atoms with E-state index in [-0.39, 0.29) is 24.5 Å². The number of hydrogen-bond acceptors (Lipinski definition) is 3. The molecule has 0 aromatic heterocycles. The van der Waals surface area contributed by atoms with Crippen LogP contribution in [-0.2, 0) is 21.4 Å². The van der Waals surface area contributed by atoms with Crippen LogP contribution >= 0.6 is 0 Å². The normalized spacial score (nSPS) is 13.6. The topological polar surface area (TPSA) is 75.6 Å². The Morgan fingerprint density at radius 2 is 1.47 bits per heavy atom. The quantitative estimate of drug-likeness (QED) is 0.473. The number of carboxylic acids is 1. The first-order valence-corrected chi connectivity index (χ1v) is 11.6. The number of aliphatic carboxylic acids is 1. The molecule has 5 nitrogen and oxygen atoms in total. The number of alkyl carbamates (subject to hydrolysis) is 1. The largest absolute Gasteiger partial charge is 0.481 e. The lowest BCUT2D eigenvalue weighted by atomic mass is 9.86. The summed E-state index contributed by atoms with van der Waals surface area (Å²) >= 11 is 0. The summed E-state index contributed by atoms with van der Waals surface area (Å²) in [4.78, 5) is 24.2. The summed E-state index contributed by atoms with van der Waals surface area (Å²) in [6.07, 6.45) is -0.264. The second-order valence-corrected chi connectivity index (χ2v) is 9.89. The molecular weight excluding hydrogens is 426 g/mol. The van der Waals surface area contributed by atoms with Crippen molar-refractivity contribution in [2.45, 2.75) is 38.5 Å². The SMILES string of the molecule is CC(C)(C)c1ccc(CC(CNC(=O)OCC2c3ccccc3-c3ccccc32)C(=O)O)cc1. The minimum absolute atomic E-state index is 0.00697. The fraction of sp³-hybridized carbons (Fsp3) is 0.310. The fourth-order valence-corrected chi connectivity index (χ4v) is 4.53. The van der Waals surface area contributed by atoms with E-state index >= 15 is 0 Å². The number of rotatable bonds is 7. The van der Waals surface area contributed by atoms with Gasteiger partial charge < -0.3 is 15.2 Å². The van der Waals surface area contributed by atoms with Crippen molar-refractivity contribution in [3.05, 3.63) is 95.1 Å². The van der Waals surface area contributed by atoms with Crippen molar-refractivity contribution in [3.63, 3.8) is 0 Å². The van der Waals surface area contributed by atoms with Gasteiger partial charge in [0.15, 0.2) is 0 Å². The van der Waals surface area contributed by atoms with Crippen LogP contribution in [0.15, 0.2) is 72.8 Å². The Labute approximate surface area is 200 Å². The van der Waals surface area contributed by atoms with Gasteiger partial charge in [-0.3, -0.25) is 4.79 Å². The molecule has 0 radical (unpaired) electrons. The lowest BCUT2D eigenvalue weighted by Gasteiger charge is -2.20. The molecule has 34 heavy (non-hydrogen) atoms. The van der Waals surface area contributed by atoms with E-state index < -0.39 is 18.0 Å². The lowest BCUT2D eigenvalue weighted by Crippen LogP contribution is -2.35. The number of hydrogen-bond donors (Lipinski definition) is 2. The molecule has 0 aliphatic heterocycles. The smallest absolute Gasteiger partial charge is 0.407 e. The molecule has 3 aromatic carbocycles. The number of ether oxygens (including phenoxy) is 1. The summed E-state index contributed by atoms with van der Waals surface area (Å²) in [6, 6.07) is 24.3. The minimum Gasteiger partial charge on any atom is -0.481 e. The van der Waals surface area contributed by atoms with E-state index in [2.05, 4.69) is 50.4 Å². The Hall–Kier alpha value is -3.60. The lowest BCUT2D eigenvalue weighted by molar-refractivity contribution is -0.141. The zero-order chi connectivity index (χ0) is 24.3. The van der Waals surface area contributed by atoms with Gasteiger partial charge in [-0.15, -0.1) is 0 Å². The molecule has 1 amide bonds. The molecule has 0 spiro atoms. The van der Waals surface area contributed by atoms with E-state index in [4.69, 9.17) is 4.74 Å². The van der Waals surface area contributed by atoms with Gasteiger partial charge in [0.1, 0.15) is 6.61 Å². The third-order valence-electron chi connectivity index (χ3n) is 6.49. The highest BCUT2D eigenvalue weighted by molar-refractivity contribution is 5.79. The van der Waals surface area contributed by atoms with E-state index in [0.717, 1.165) is 27.8 Å². The van der Waals surface area contributed by atoms with Gasteiger partial charge in [-0.1, -0.05) is 93.6 Å². The van der Waals surface area contributed by atoms with Gasteiger partial charge >= 0.3 is 12.1 Å². The van der Waals surface area contributed by atoms with E-state index in [1.807, 2.05) is 48.5 Å². The summed E-state index contributed by atoms with van der Waals surface area (Å²) < 4.78 is 5.53. The van der Waals surface area contributed by atoms with Crippen molar-refractivity contribution in [1.29, 1.82) is 0 Å². The fourth-order valence-electron chi connectivity index (χ4n) is 4.53. The van der Waals surface area contributed by atoms with E-state index in [9.17, 15) is 14.7 Å². The predicted molar refractivity (Wildman–Crippen MR) is 133 cm³/mol. The highest BCUT2D eigenvalue weighted by Gasteiger charge is 2.29. The van der Waals surface area contributed by atoms with Crippen molar-refractivity contribution < 1.29 is 19.4 Å². The second kappa shape index (κ2) is 9.72. The molecule has 1 aliphatic rings. The van der Waals surface area contributed by atoms with Crippen molar-refractivity contribution >= 4 is 12.1 Å². The Morgan fingerprint density at radius 1 is 0.912 bits per heavy atom. The zero-order valence-corrected chi connectivity index (χ0v) is 19.9. The first-order valence-electron chi connectivity index (χ1n) is 11.6. The summed E-state index contributed by atoms with van der Waals surface area (Å²) in [7, 11) is 0. The molecule has 176 valence electrons. The Morgan fingerprint density at radius 3 is 2.00 bits per heavy atom. The number of benzene rings is 3. The third kappa shape index (κ3) is 5.14. The first kappa shape index (κ1) is 23.6. The summed E-state index contributed by atoms with van der Waals surface area (Å²) in [6.45, 7) is 6.62. The molecule has 0 fully saturated rings. The number of nitrogens with one attached hydrogen (secondary N) is 1. The maximum atomic E-state index is 12.4. The molecule has 1 atom stereocenters. The molecular formula is C29H31NO4. The molecule has 1 aliphatic carbocycles. The molecule has 2 N–H and O–H groups in total. The van der Waals surface area contributed by atoms with Crippen LogP contribution in [0.5, 0.6) is 0 Å². The number of carboxylic acid groups (broad SMARTS) is 1. The van der Waals surface area contributed by atoms with Crippen LogP contribution in [0, 0.1) is 5.92 Å². The van der Waals surface area contributed by atoms with Crippen LogP contribution in [0.3, 0.4) is 0 Å². The van der Waals surface area contributed by atoms with Crippen LogP contribution in [0.4, 0.5) is 4.79 Å². The van der Waals surface area contributed by atoms with Gasteiger partial charge in [-0.25, -0.2) is 4.79 Å². The number of carbonyl (C=O) groups is 2. The molecule has 4 rings (SSSR count). The molecule has 5 heteroatoms. The van der Waals surface area contributed by atoms with Crippen molar-refractivity contribution in [2.24, 2.45) is 5.92 Å². The van der Waals surface area contributed by atoms with Crippen LogP contribution in [0.1, 0.15) is 48.9 Å². The molecule has 0 heterocycles. The maximum Gasteiger partial charge on any atom is 0.407 e. The van der Waals surface area contributed by atoms with Crippen LogP contribution in [-0.4, -0.2) is 30.3 Å². The summed E-state index contributed by atoms with van der Waals surface area (Å²) in [5.41, 5.74) is 6.76.